The maximum atomic E-state index is 5.92. The molecule has 2 rings (SSSR count). The highest BCUT2D eigenvalue weighted by Crippen LogP contribution is 2.23. The van der Waals surface area contributed by atoms with E-state index in [9.17, 15) is 0 Å². The molecule has 0 saturated heterocycles. The van der Waals surface area contributed by atoms with Crippen LogP contribution in [0.4, 0.5) is 11.5 Å². The van der Waals surface area contributed by atoms with Crippen LogP contribution in [0.1, 0.15) is 5.69 Å². The largest absolute Gasteiger partial charge is 0.396 e. The zero-order valence-electron chi connectivity index (χ0n) is 9.47. The number of hydrogen-bond acceptors (Lipinski definition) is 4. The van der Waals surface area contributed by atoms with Crippen LogP contribution >= 0.6 is 15.9 Å². The van der Waals surface area contributed by atoms with E-state index in [0.717, 1.165) is 16.0 Å². The van der Waals surface area contributed by atoms with Crippen molar-refractivity contribution < 1.29 is 0 Å². The van der Waals surface area contributed by atoms with E-state index in [2.05, 4.69) is 25.9 Å². The Kier molecular flexibility index (Phi) is 3.58. The molecule has 0 atom stereocenters. The van der Waals surface area contributed by atoms with Crippen LogP contribution in [0.2, 0.25) is 0 Å². The van der Waals surface area contributed by atoms with E-state index in [1.165, 1.54) is 0 Å². The summed E-state index contributed by atoms with van der Waals surface area (Å²) < 4.78 is 0.880. The molecule has 5 heteroatoms. The van der Waals surface area contributed by atoms with E-state index >= 15 is 0 Å². The van der Waals surface area contributed by atoms with Gasteiger partial charge in [-0.3, -0.25) is 4.98 Å². The first-order valence-corrected chi connectivity index (χ1v) is 5.98. The average Bonchev–Trinajstić information content (AvgIpc) is 2.30. The summed E-state index contributed by atoms with van der Waals surface area (Å²) in [6, 6.07) is 7.69. The van der Waals surface area contributed by atoms with Crippen molar-refractivity contribution in [2.24, 2.45) is 0 Å². The Hall–Kier alpha value is -1.62. The Labute approximate surface area is 109 Å². The summed E-state index contributed by atoms with van der Waals surface area (Å²) in [5, 5.41) is 0. The highest BCUT2D eigenvalue weighted by atomic mass is 79.9. The topological polar surface area (TPSA) is 55.0 Å². The first-order chi connectivity index (χ1) is 8.16. The zero-order chi connectivity index (χ0) is 12.3. The predicted octanol–water partition coefficient (Wildman–Crippen LogP) is 2.46. The van der Waals surface area contributed by atoms with E-state index in [1.807, 2.05) is 36.2 Å². The van der Waals surface area contributed by atoms with Gasteiger partial charge in [0, 0.05) is 23.9 Å². The Bertz CT molecular complexity index is 501. The van der Waals surface area contributed by atoms with E-state index in [0.29, 0.717) is 12.2 Å². The Morgan fingerprint density at radius 3 is 2.82 bits per heavy atom. The van der Waals surface area contributed by atoms with Crippen LogP contribution in [0.5, 0.6) is 0 Å². The van der Waals surface area contributed by atoms with Crippen molar-refractivity contribution in [1.29, 1.82) is 0 Å². The van der Waals surface area contributed by atoms with Gasteiger partial charge in [-0.25, -0.2) is 4.98 Å². The summed E-state index contributed by atoms with van der Waals surface area (Å²) in [6.07, 6.45) is 3.52. The third-order valence-electron chi connectivity index (χ3n) is 2.35. The number of anilines is 2. The fraction of sp³-hybridized carbons (Fsp3) is 0.167. The molecule has 0 saturated carbocycles. The van der Waals surface area contributed by atoms with Gasteiger partial charge in [0.25, 0.3) is 0 Å². The van der Waals surface area contributed by atoms with E-state index in [4.69, 9.17) is 5.73 Å². The van der Waals surface area contributed by atoms with Gasteiger partial charge in [0.1, 0.15) is 0 Å². The first-order valence-electron chi connectivity index (χ1n) is 5.19. The molecule has 88 valence electrons. The molecule has 0 unspecified atom stereocenters. The smallest absolute Gasteiger partial charge is 0.151 e. The molecular formula is C12H13BrN4. The highest BCUT2D eigenvalue weighted by molar-refractivity contribution is 9.10. The number of halogens is 1. The van der Waals surface area contributed by atoms with Crippen molar-refractivity contribution >= 4 is 27.4 Å². The minimum absolute atomic E-state index is 0.651. The summed E-state index contributed by atoms with van der Waals surface area (Å²) in [5.74, 6) is 0.763. The molecule has 17 heavy (non-hydrogen) atoms. The van der Waals surface area contributed by atoms with Crippen LogP contribution in [0.25, 0.3) is 0 Å². The Morgan fingerprint density at radius 2 is 2.18 bits per heavy atom. The van der Waals surface area contributed by atoms with Crippen LogP contribution in [0, 0.1) is 0 Å². The molecule has 0 aliphatic carbocycles. The second kappa shape index (κ2) is 5.14. The van der Waals surface area contributed by atoms with Gasteiger partial charge < -0.3 is 10.6 Å². The molecule has 0 spiro atoms. The molecule has 0 amide bonds. The van der Waals surface area contributed by atoms with Gasteiger partial charge in [-0.1, -0.05) is 6.07 Å². The molecule has 0 aliphatic rings. The Balaban J connectivity index is 2.17. The van der Waals surface area contributed by atoms with E-state index in [1.54, 1.807) is 12.4 Å². The highest BCUT2D eigenvalue weighted by Gasteiger charge is 2.08. The second-order valence-corrected chi connectivity index (χ2v) is 4.66. The van der Waals surface area contributed by atoms with Gasteiger partial charge >= 0.3 is 0 Å². The fourth-order valence-electron chi connectivity index (χ4n) is 1.58. The van der Waals surface area contributed by atoms with Gasteiger partial charge in [0.2, 0.25) is 0 Å². The van der Waals surface area contributed by atoms with Crippen LogP contribution in [0.3, 0.4) is 0 Å². The summed E-state index contributed by atoms with van der Waals surface area (Å²) in [7, 11) is 1.95. The number of aromatic nitrogens is 2. The minimum atomic E-state index is 0.651. The summed E-state index contributed by atoms with van der Waals surface area (Å²) in [6.45, 7) is 0.680. The lowest BCUT2D eigenvalue weighted by Crippen LogP contribution is -2.19. The van der Waals surface area contributed by atoms with Crippen LogP contribution < -0.4 is 10.6 Å². The predicted molar refractivity (Wildman–Crippen MR) is 72.7 cm³/mol. The lowest BCUT2D eigenvalue weighted by molar-refractivity contribution is 0.867. The van der Waals surface area contributed by atoms with E-state index < -0.39 is 0 Å². The van der Waals surface area contributed by atoms with Gasteiger partial charge in [-0.15, -0.1) is 0 Å². The fourth-order valence-corrected chi connectivity index (χ4v) is 1.93. The molecule has 2 aromatic rings. The molecule has 4 nitrogen and oxygen atoms in total. The molecule has 0 bridgehead atoms. The molecular weight excluding hydrogens is 280 g/mol. The first kappa shape index (κ1) is 11.9. The van der Waals surface area contributed by atoms with Crippen LogP contribution in [-0.2, 0) is 6.54 Å². The monoisotopic (exact) mass is 292 g/mol. The molecule has 2 aromatic heterocycles. The third-order valence-corrected chi connectivity index (χ3v) is 2.78. The molecule has 2 N–H and O–H groups in total. The minimum Gasteiger partial charge on any atom is -0.396 e. The van der Waals surface area contributed by atoms with Gasteiger partial charge in [0.05, 0.1) is 17.9 Å². The zero-order valence-corrected chi connectivity index (χ0v) is 11.1. The normalized spacial score (nSPS) is 10.2. The van der Waals surface area contributed by atoms with Crippen molar-refractivity contribution in [3.63, 3.8) is 0 Å². The average molecular weight is 293 g/mol. The molecule has 0 fully saturated rings. The van der Waals surface area contributed by atoms with Crippen molar-refractivity contribution in [3.05, 3.63) is 46.8 Å². The number of rotatable bonds is 3. The molecule has 0 aromatic carbocycles. The van der Waals surface area contributed by atoms with Crippen molar-refractivity contribution in [2.45, 2.75) is 6.54 Å². The summed E-state index contributed by atoms with van der Waals surface area (Å²) in [5.41, 5.74) is 7.56. The van der Waals surface area contributed by atoms with Crippen molar-refractivity contribution in [1.82, 2.24) is 9.97 Å². The quantitative estimate of drug-likeness (QED) is 0.944. The van der Waals surface area contributed by atoms with Crippen molar-refractivity contribution in [2.75, 3.05) is 17.7 Å². The Morgan fingerprint density at radius 1 is 1.35 bits per heavy atom. The third kappa shape index (κ3) is 2.94. The van der Waals surface area contributed by atoms with Crippen LogP contribution in [-0.4, -0.2) is 17.0 Å². The number of nitrogens with zero attached hydrogens (tertiary/aromatic N) is 3. The lowest BCUT2D eigenvalue weighted by Gasteiger charge is -2.19. The maximum Gasteiger partial charge on any atom is 0.151 e. The lowest BCUT2D eigenvalue weighted by atomic mass is 10.3. The SMILES string of the molecule is CN(Cc1ccccn1)c1ncc(Br)cc1N. The van der Waals surface area contributed by atoms with Gasteiger partial charge in [0.15, 0.2) is 5.82 Å². The van der Waals surface area contributed by atoms with Gasteiger partial charge in [-0.05, 0) is 34.1 Å². The van der Waals surface area contributed by atoms with Gasteiger partial charge in [-0.2, -0.15) is 0 Å². The number of pyridine rings is 2. The standard InChI is InChI=1S/C12H13BrN4/c1-17(8-10-4-2-3-5-15-10)12-11(14)6-9(13)7-16-12/h2-7H,8,14H2,1H3. The second-order valence-electron chi connectivity index (χ2n) is 3.74. The molecule has 0 radical (unpaired) electrons. The molecule has 0 aliphatic heterocycles. The number of nitrogens with two attached hydrogens (primary N) is 1. The molecule has 2 heterocycles. The van der Waals surface area contributed by atoms with Crippen molar-refractivity contribution in [3.8, 4) is 0 Å². The number of hydrogen-bond donors (Lipinski definition) is 1. The van der Waals surface area contributed by atoms with E-state index in [-0.39, 0.29) is 0 Å². The summed E-state index contributed by atoms with van der Waals surface area (Å²) in [4.78, 5) is 10.5. The summed E-state index contributed by atoms with van der Waals surface area (Å²) >= 11 is 3.34. The van der Waals surface area contributed by atoms with Crippen LogP contribution in [0.15, 0.2) is 41.1 Å². The number of nitrogen functional groups attached to an aromatic ring is 1. The maximum absolute atomic E-state index is 5.92.